The minimum atomic E-state index is -1.86. The van der Waals surface area contributed by atoms with E-state index in [0.717, 1.165) is 12.5 Å². The first-order valence-electron chi connectivity index (χ1n) is 7.65. The number of ether oxygens (including phenoxy) is 2. The molecule has 26 heavy (non-hydrogen) atoms. The molecule has 0 aliphatic rings. The highest BCUT2D eigenvalue weighted by Crippen LogP contribution is 2.40. The highest BCUT2D eigenvalue weighted by Gasteiger charge is 2.29. The average molecular weight is 426 g/mol. The second-order valence-electron chi connectivity index (χ2n) is 6.89. The van der Waals surface area contributed by atoms with Gasteiger partial charge in [-0.05, 0) is 23.8 Å². The van der Waals surface area contributed by atoms with Crippen molar-refractivity contribution < 1.29 is 29.0 Å². The Hall–Kier alpha value is -1.50. The fourth-order valence-corrected chi connectivity index (χ4v) is 3.21. The number of aliphatic carboxylic acids is 1. The molecule has 0 bridgehead atoms. The molecule has 0 heterocycles. The molecule has 0 saturated heterocycles. The van der Waals surface area contributed by atoms with Crippen molar-refractivity contribution in [1.29, 1.82) is 0 Å². The fraction of sp³-hybridized carbons (Fsp3) is 0.471. The summed E-state index contributed by atoms with van der Waals surface area (Å²) in [4.78, 5) is 34.6. The summed E-state index contributed by atoms with van der Waals surface area (Å²) < 4.78 is 9.96. The number of hydrogen-bond acceptors (Lipinski definition) is 5. The van der Waals surface area contributed by atoms with Crippen LogP contribution in [-0.4, -0.2) is 29.6 Å². The molecule has 144 valence electrons. The van der Waals surface area contributed by atoms with Gasteiger partial charge in [0.1, 0.15) is 5.56 Å². The number of rotatable bonds is 6. The van der Waals surface area contributed by atoms with Gasteiger partial charge in [-0.3, -0.25) is 0 Å². The first-order chi connectivity index (χ1) is 11.9. The number of hydrogen-bond donors (Lipinski definition) is 1. The number of carboxylic acids is 1. The van der Waals surface area contributed by atoms with E-state index < -0.39 is 29.2 Å². The zero-order chi connectivity index (χ0) is 20.2. The van der Waals surface area contributed by atoms with Gasteiger partial charge in [-0.25, -0.2) is 14.4 Å². The lowest BCUT2D eigenvalue weighted by Gasteiger charge is -2.26. The number of carbonyl (C=O) groups excluding carboxylic acids is 2. The minimum Gasteiger partial charge on any atom is -0.473 e. The van der Waals surface area contributed by atoms with Crippen molar-refractivity contribution in [1.82, 2.24) is 0 Å². The Morgan fingerprint density at radius 2 is 1.73 bits per heavy atom. The van der Waals surface area contributed by atoms with Gasteiger partial charge in [0.25, 0.3) is 0 Å². The van der Waals surface area contributed by atoms with Gasteiger partial charge < -0.3 is 14.6 Å². The Balaban J connectivity index is 3.18. The van der Waals surface area contributed by atoms with E-state index in [2.05, 4.69) is 4.74 Å². The van der Waals surface area contributed by atoms with E-state index in [1.807, 2.05) is 27.7 Å². The molecule has 0 amide bonds. The maximum atomic E-state index is 12.5. The molecule has 0 aliphatic carbocycles. The van der Waals surface area contributed by atoms with Gasteiger partial charge in [0, 0.05) is 0 Å². The molecule has 0 fully saturated rings. The molecule has 1 aromatic carbocycles. The number of carbonyl (C=O) groups is 3. The first kappa shape index (κ1) is 22.5. The standard InChI is InChI=1S/C17H19Cl3O6/c1-8(2)6-17(3,4)7-25-15(23)11-12(20)9(18)5-10(19)13(11)26-16(24)14(21)22/h5,8H,6-7H2,1-4H3,(H,21,22). The van der Waals surface area contributed by atoms with E-state index in [-0.39, 0.29) is 27.1 Å². The first-order valence-corrected chi connectivity index (χ1v) is 8.79. The third kappa shape index (κ3) is 6.04. The summed E-state index contributed by atoms with van der Waals surface area (Å²) in [7, 11) is 0. The normalized spacial score (nSPS) is 11.4. The van der Waals surface area contributed by atoms with Crippen LogP contribution in [0, 0.1) is 11.3 Å². The van der Waals surface area contributed by atoms with Crippen LogP contribution >= 0.6 is 34.8 Å². The van der Waals surface area contributed by atoms with Gasteiger partial charge in [0.15, 0.2) is 5.75 Å². The summed E-state index contributed by atoms with van der Waals surface area (Å²) in [6, 6.07) is 1.13. The van der Waals surface area contributed by atoms with E-state index >= 15 is 0 Å². The molecule has 9 heteroatoms. The molecule has 1 rings (SSSR count). The Morgan fingerprint density at radius 3 is 2.23 bits per heavy atom. The van der Waals surface area contributed by atoms with Gasteiger partial charge in [-0.2, -0.15) is 0 Å². The van der Waals surface area contributed by atoms with Crippen LogP contribution in [0.2, 0.25) is 15.1 Å². The predicted octanol–water partition coefficient (Wildman–Crippen LogP) is 4.87. The van der Waals surface area contributed by atoms with Crippen molar-refractivity contribution >= 4 is 52.7 Å². The topological polar surface area (TPSA) is 89.9 Å². The molecular formula is C17H19Cl3O6. The second kappa shape index (κ2) is 8.93. The summed E-state index contributed by atoms with van der Waals surface area (Å²) >= 11 is 17.9. The van der Waals surface area contributed by atoms with Crippen LogP contribution in [0.3, 0.4) is 0 Å². The van der Waals surface area contributed by atoms with E-state index in [1.54, 1.807) is 0 Å². The maximum Gasteiger partial charge on any atom is 0.422 e. The maximum absolute atomic E-state index is 12.5. The quantitative estimate of drug-likeness (QED) is 0.303. The van der Waals surface area contributed by atoms with Gasteiger partial charge in [0.2, 0.25) is 0 Å². The van der Waals surface area contributed by atoms with Crippen LogP contribution in [0.25, 0.3) is 0 Å². The van der Waals surface area contributed by atoms with Gasteiger partial charge in [0.05, 0.1) is 21.7 Å². The molecule has 6 nitrogen and oxygen atoms in total. The SMILES string of the molecule is CC(C)CC(C)(C)COC(=O)c1c(Cl)c(Cl)cc(Cl)c1OC(=O)C(=O)O. The summed E-state index contributed by atoms with van der Waals surface area (Å²) in [6.45, 7) is 8.01. The summed E-state index contributed by atoms with van der Waals surface area (Å²) in [6.07, 6.45) is 0.797. The van der Waals surface area contributed by atoms with Gasteiger partial charge in [-0.1, -0.05) is 62.5 Å². The predicted molar refractivity (Wildman–Crippen MR) is 98.3 cm³/mol. The lowest BCUT2D eigenvalue weighted by Crippen LogP contribution is -2.25. The molecule has 0 atom stereocenters. The summed E-state index contributed by atoms with van der Waals surface area (Å²) in [5.74, 6) is -4.53. The molecule has 0 spiro atoms. The van der Waals surface area contributed by atoms with Crippen LogP contribution in [0.15, 0.2) is 6.07 Å². The van der Waals surface area contributed by atoms with E-state index in [9.17, 15) is 14.4 Å². The summed E-state index contributed by atoms with van der Waals surface area (Å²) in [5.41, 5.74) is -0.713. The zero-order valence-electron chi connectivity index (χ0n) is 14.7. The second-order valence-corrected chi connectivity index (χ2v) is 8.08. The van der Waals surface area contributed by atoms with Crippen molar-refractivity contribution in [2.75, 3.05) is 6.61 Å². The lowest BCUT2D eigenvalue weighted by atomic mass is 9.85. The Morgan fingerprint density at radius 1 is 1.15 bits per heavy atom. The molecule has 1 N–H and O–H groups in total. The molecule has 1 aromatic rings. The third-order valence-corrected chi connectivity index (χ3v) is 4.32. The number of esters is 2. The largest absolute Gasteiger partial charge is 0.473 e. The van der Waals surface area contributed by atoms with Crippen LogP contribution in [0.1, 0.15) is 44.5 Å². The average Bonchev–Trinajstić information content (AvgIpc) is 2.49. The minimum absolute atomic E-state index is 0.0663. The van der Waals surface area contributed by atoms with Crippen LogP contribution in [0.5, 0.6) is 5.75 Å². The Kier molecular flexibility index (Phi) is 7.74. The molecule has 0 aromatic heterocycles. The van der Waals surface area contributed by atoms with E-state index in [1.165, 1.54) is 0 Å². The van der Waals surface area contributed by atoms with Crippen molar-refractivity contribution in [3.8, 4) is 5.75 Å². The van der Waals surface area contributed by atoms with Crippen molar-refractivity contribution in [3.05, 3.63) is 26.7 Å². The van der Waals surface area contributed by atoms with Crippen LogP contribution in [-0.2, 0) is 14.3 Å². The number of halogens is 3. The number of carboxylic acid groups (broad SMARTS) is 1. The smallest absolute Gasteiger partial charge is 0.422 e. The van der Waals surface area contributed by atoms with Crippen molar-refractivity contribution in [3.63, 3.8) is 0 Å². The van der Waals surface area contributed by atoms with Crippen molar-refractivity contribution in [2.24, 2.45) is 11.3 Å². The molecule has 0 saturated carbocycles. The molecular weight excluding hydrogens is 407 g/mol. The highest BCUT2D eigenvalue weighted by atomic mass is 35.5. The van der Waals surface area contributed by atoms with Crippen LogP contribution in [0.4, 0.5) is 0 Å². The van der Waals surface area contributed by atoms with E-state index in [0.29, 0.717) is 5.92 Å². The monoisotopic (exact) mass is 424 g/mol. The molecule has 0 unspecified atom stereocenters. The third-order valence-electron chi connectivity index (χ3n) is 3.25. The van der Waals surface area contributed by atoms with Gasteiger partial charge in [-0.15, -0.1) is 0 Å². The number of benzene rings is 1. The van der Waals surface area contributed by atoms with Crippen LogP contribution < -0.4 is 4.74 Å². The fourth-order valence-electron chi connectivity index (χ4n) is 2.49. The Labute approximate surface area is 166 Å². The lowest BCUT2D eigenvalue weighted by molar-refractivity contribution is -0.158. The van der Waals surface area contributed by atoms with Crippen molar-refractivity contribution in [2.45, 2.75) is 34.1 Å². The zero-order valence-corrected chi connectivity index (χ0v) is 17.0. The highest BCUT2D eigenvalue weighted by molar-refractivity contribution is 6.46. The van der Waals surface area contributed by atoms with Gasteiger partial charge >= 0.3 is 17.9 Å². The Bertz CT molecular complexity index is 728. The molecule has 0 radical (unpaired) electrons. The summed E-state index contributed by atoms with van der Waals surface area (Å²) in [5, 5.41) is 8.12. The molecule has 0 aliphatic heterocycles. The van der Waals surface area contributed by atoms with E-state index in [4.69, 9.17) is 44.6 Å².